The first kappa shape index (κ1) is 47.7. The Morgan fingerprint density at radius 2 is 1.72 bits per heavy atom. The van der Waals surface area contributed by atoms with Gasteiger partial charge < -0.3 is 45.7 Å². The number of hydrogen-bond acceptors (Lipinski definition) is 12. The highest BCUT2D eigenvalue weighted by Crippen LogP contribution is 2.30. The quantitative estimate of drug-likeness (QED) is 0.127. The van der Waals surface area contributed by atoms with Crippen LogP contribution in [0.5, 0.6) is 0 Å². The summed E-state index contributed by atoms with van der Waals surface area (Å²) in [5.74, 6) is -2.40. The number of carbonyl (C=O) groups is 5. The molecule has 1 aliphatic heterocycles. The van der Waals surface area contributed by atoms with Crippen LogP contribution in [0.1, 0.15) is 81.9 Å². The lowest BCUT2D eigenvalue weighted by atomic mass is 9.89. The number of likely N-dealkylation sites (tertiary alicyclic amines) is 1. The molecule has 0 bridgehead atoms. The maximum absolute atomic E-state index is 14.3. The van der Waals surface area contributed by atoms with E-state index < -0.39 is 48.3 Å². The predicted octanol–water partition coefficient (Wildman–Crippen LogP) is 2.73. The van der Waals surface area contributed by atoms with Crippen LogP contribution in [-0.4, -0.2) is 134 Å². The molecule has 16 nitrogen and oxygen atoms in total. The van der Waals surface area contributed by atoms with E-state index >= 15 is 0 Å². The summed E-state index contributed by atoms with van der Waals surface area (Å²) in [6, 6.07) is 6.85. The fourth-order valence-corrected chi connectivity index (χ4v) is 7.71. The summed E-state index contributed by atoms with van der Waals surface area (Å²) in [6.07, 6.45) is 2.42. The number of likely N-dealkylation sites (N-methyl/N-ethyl adjacent to an activating group) is 1. The molecular formula is C42H66N8O8. The van der Waals surface area contributed by atoms with Crippen LogP contribution in [0.3, 0.4) is 0 Å². The first-order valence-electron chi connectivity index (χ1n) is 20.3. The molecule has 0 saturated carbocycles. The fraction of sp³-hybridized carbons (Fsp3) is 0.643. The molecule has 2 heterocycles. The summed E-state index contributed by atoms with van der Waals surface area (Å²) >= 11 is 0. The molecule has 3 rings (SSSR count). The normalized spacial score (nSPS) is 17.7. The summed E-state index contributed by atoms with van der Waals surface area (Å²) in [5, 5.41) is 8.76. The van der Waals surface area contributed by atoms with Gasteiger partial charge in [0.1, 0.15) is 12.1 Å². The number of benzene rings is 1. The first-order valence-corrected chi connectivity index (χ1v) is 20.3. The molecule has 1 saturated heterocycles. The summed E-state index contributed by atoms with van der Waals surface area (Å²) in [7, 11) is 6.08. The van der Waals surface area contributed by atoms with Crippen LogP contribution in [0, 0.1) is 24.7 Å². The number of carbonyl (C=O) groups excluding carboxylic acids is 5. The smallest absolute Gasteiger partial charge is 0.328 e. The Kier molecular flexibility index (Phi) is 19.0. The van der Waals surface area contributed by atoms with Crippen molar-refractivity contribution in [3.8, 4) is 0 Å². The highest BCUT2D eigenvalue weighted by atomic mass is 16.5. The van der Waals surface area contributed by atoms with Crippen LogP contribution in [0.15, 0.2) is 36.5 Å². The molecule has 322 valence electrons. The molecule has 0 spiro atoms. The van der Waals surface area contributed by atoms with Crippen molar-refractivity contribution in [3.63, 3.8) is 0 Å². The molecule has 4 amide bonds. The van der Waals surface area contributed by atoms with E-state index in [1.54, 1.807) is 37.8 Å². The van der Waals surface area contributed by atoms with Gasteiger partial charge in [-0.15, -0.1) is 0 Å². The van der Waals surface area contributed by atoms with Gasteiger partial charge in [-0.1, -0.05) is 71.4 Å². The van der Waals surface area contributed by atoms with Crippen molar-refractivity contribution >= 4 is 35.5 Å². The van der Waals surface area contributed by atoms with Crippen molar-refractivity contribution < 1.29 is 38.2 Å². The molecule has 2 aromatic rings. The van der Waals surface area contributed by atoms with Gasteiger partial charge in [-0.05, 0) is 37.2 Å². The number of methoxy groups -OCH3 is 3. The lowest BCUT2D eigenvalue weighted by molar-refractivity contribution is -0.148. The molecule has 1 fully saturated rings. The third-order valence-corrected chi connectivity index (χ3v) is 11.2. The second-order valence-electron chi connectivity index (χ2n) is 15.5. The van der Waals surface area contributed by atoms with Gasteiger partial charge in [0.05, 0.1) is 55.0 Å². The number of amides is 4. The topological polar surface area (TPSA) is 207 Å². The number of anilines is 1. The van der Waals surface area contributed by atoms with Crippen LogP contribution in [0.4, 0.5) is 5.95 Å². The van der Waals surface area contributed by atoms with Crippen LogP contribution in [0.25, 0.3) is 0 Å². The van der Waals surface area contributed by atoms with Crippen molar-refractivity contribution in [2.24, 2.45) is 23.5 Å². The van der Waals surface area contributed by atoms with E-state index in [-0.39, 0.29) is 54.3 Å². The van der Waals surface area contributed by atoms with E-state index in [2.05, 4.69) is 25.9 Å². The van der Waals surface area contributed by atoms with Gasteiger partial charge >= 0.3 is 5.97 Å². The fourth-order valence-electron chi connectivity index (χ4n) is 7.71. The predicted molar refractivity (Wildman–Crippen MR) is 221 cm³/mol. The summed E-state index contributed by atoms with van der Waals surface area (Å²) in [6.45, 7) is 12.4. The molecular weight excluding hydrogens is 745 g/mol. The number of nitrogens with two attached hydrogens (primary N) is 1. The largest absolute Gasteiger partial charge is 0.467 e. The second-order valence-corrected chi connectivity index (χ2v) is 15.5. The Labute approximate surface area is 343 Å². The van der Waals surface area contributed by atoms with Crippen LogP contribution >= 0.6 is 0 Å². The number of nitrogens with zero attached hydrogens (tertiary/aromatic N) is 4. The van der Waals surface area contributed by atoms with Gasteiger partial charge in [0, 0.05) is 53.5 Å². The lowest BCUT2D eigenvalue weighted by Gasteiger charge is -2.40. The average Bonchev–Trinajstić information content (AvgIpc) is 3.70. The van der Waals surface area contributed by atoms with E-state index in [1.165, 1.54) is 20.4 Å². The van der Waals surface area contributed by atoms with Crippen molar-refractivity contribution in [3.05, 3.63) is 53.3 Å². The number of ether oxygens (including phenoxy) is 3. The molecule has 1 aromatic carbocycles. The number of esters is 1. The zero-order valence-corrected chi connectivity index (χ0v) is 35.9. The first-order chi connectivity index (χ1) is 27.6. The number of hydrogen-bond donors (Lipinski definition) is 4. The molecule has 1 aromatic heterocycles. The minimum atomic E-state index is -0.900. The van der Waals surface area contributed by atoms with Gasteiger partial charge in [0.2, 0.25) is 23.7 Å². The van der Waals surface area contributed by atoms with E-state index in [4.69, 9.17) is 19.9 Å². The molecule has 16 heteroatoms. The Hall–Kier alpha value is -4.67. The van der Waals surface area contributed by atoms with E-state index in [0.717, 1.165) is 12.0 Å². The number of aromatic nitrogens is 2. The third-order valence-electron chi connectivity index (χ3n) is 11.2. The van der Waals surface area contributed by atoms with Gasteiger partial charge in [-0.25, -0.2) is 14.8 Å². The SMILES string of the molecule is CC[C@H](C)[C@@H]([C@@H](CC(=O)N1CCC[C@H]1[C@H](OC)[C@@H](C)C(=O)NC(Cc1ccccc1)C(=O)OC)OC)N(C)C(=O)[C@@H](Nc1ncc(C(=O)NCCN)c(C)n1)C(C)C. The third kappa shape index (κ3) is 12.4. The maximum Gasteiger partial charge on any atom is 0.328 e. The van der Waals surface area contributed by atoms with Crippen molar-refractivity contribution in [1.29, 1.82) is 0 Å². The lowest BCUT2D eigenvalue weighted by Crippen LogP contribution is -2.56. The van der Waals surface area contributed by atoms with Gasteiger partial charge in [0.25, 0.3) is 5.91 Å². The molecule has 5 N–H and O–H groups in total. The Bertz CT molecular complexity index is 1660. The maximum atomic E-state index is 14.3. The van der Waals surface area contributed by atoms with Crippen LogP contribution in [0.2, 0.25) is 0 Å². The van der Waals surface area contributed by atoms with Gasteiger partial charge in [-0.2, -0.15) is 0 Å². The van der Waals surface area contributed by atoms with E-state index in [9.17, 15) is 24.0 Å². The standard InChI is InChI=1S/C42H66N8O8/c1-11-26(4)36(49(7)40(54)35(25(2)3)48-42-45-24-30(28(6)46-42)39(53)44-20-19-43)33(56-8)23-34(51)50-21-15-18-32(50)37(57-9)27(5)38(52)47-31(41(55)58-10)22-29-16-13-12-14-17-29/h12-14,16-17,24-27,31-33,35-37H,11,15,18-23,43H2,1-10H3,(H,44,53)(H,47,52)(H,45,46,48)/t26-,27+,31?,32-,33+,35-,36-,37+/m0/s1. The van der Waals surface area contributed by atoms with Crippen molar-refractivity contribution in [1.82, 2.24) is 30.4 Å². The number of rotatable bonds is 22. The van der Waals surface area contributed by atoms with Gasteiger partial charge in [0.15, 0.2) is 0 Å². The monoisotopic (exact) mass is 811 g/mol. The molecule has 1 aliphatic rings. The summed E-state index contributed by atoms with van der Waals surface area (Å²) in [5.41, 5.74) is 7.15. The second kappa shape index (κ2) is 23.1. The Balaban J connectivity index is 1.78. The van der Waals surface area contributed by atoms with Crippen LogP contribution in [-0.2, 0) is 39.8 Å². The van der Waals surface area contributed by atoms with Crippen molar-refractivity contribution in [2.75, 3.05) is 53.3 Å². The zero-order chi connectivity index (χ0) is 43.1. The van der Waals surface area contributed by atoms with Crippen molar-refractivity contribution in [2.45, 2.75) is 110 Å². The highest BCUT2D eigenvalue weighted by Gasteiger charge is 2.43. The zero-order valence-electron chi connectivity index (χ0n) is 35.9. The molecule has 1 unspecified atom stereocenters. The highest BCUT2D eigenvalue weighted by molar-refractivity contribution is 5.95. The Morgan fingerprint density at radius 1 is 1.03 bits per heavy atom. The molecule has 0 radical (unpaired) electrons. The number of aryl methyl sites for hydroxylation is 1. The van der Waals surface area contributed by atoms with E-state index in [1.807, 2.05) is 58.0 Å². The average molecular weight is 811 g/mol. The minimum absolute atomic E-state index is 0.00606. The van der Waals surface area contributed by atoms with E-state index in [0.29, 0.717) is 43.7 Å². The molecule has 0 aliphatic carbocycles. The number of nitrogens with one attached hydrogen (secondary N) is 3. The summed E-state index contributed by atoms with van der Waals surface area (Å²) < 4.78 is 17.0. The Morgan fingerprint density at radius 3 is 2.29 bits per heavy atom. The molecule has 8 atom stereocenters. The molecule has 58 heavy (non-hydrogen) atoms. The minimum Gasteiger partial charge on any atom is -0.467 e. The van der Waals surface area contributed by atoms with Crippen LogP contribution < -0.4 is 21.7 Å². The van der Waals surface area contributed by atoms with Gasteiger partial charge in [-0.3, -0.25) is 19.2 Å². The summed E-state index contributed by atoms with van der Waals surface area (Å²) in [4.78, 5) is 79.7.